The summed E-state index contributed by atoms with van der Waals surface area (Å²) in [5.41, 5.74) is -0.275. The van der Waals surface area contributed by atoms with Gasteiger partial charge in [0.2, 0.25) is 0 Å². The quantitative estimate of drug-likeness (QED) is 0.215. The van der Waals surface area contributed by atoms with Gasteiger partial charge in [-0.2, -0.15) is 0 Å². The van der Waals surface area contributed by atoms with E-state index in [0.29, 0.717) is 13.4 Å². The zero-order chi connectivity index (χ0) is 28.5. The Balaban J connectivity index is 0.000000283. The van der Waals surface area contributed by atoms with Crippen molar-refractivity contribution in [2.24, 2.45) is 0 Å². The van der Waals surface area contributed by atoms with Crippen LogP contribution in [0.15, 0.2) is 68.0 Å². The number of halogens is 7. The number of carboxylic acids is 1. The molecule has 0 saturated carbocycles. The Kier molecular flexibility index (Phi) is 13.0. The maximum Gasteiger partial charge on any atom is 0.338 e. The van der Waals surface area contributed by atoms with Crippen LogP contribution in [-0.2, 0) is 4.74 Å². The molecule has 0 radical (unpaired) electrons. The van der Waals surface area contributed by atoms with Gasteiger partial charge in [0.05, 0.1) is 11.1 Å². The van der Waals surface area contributed by atoms with Crippen LogP contribution in [0.3, 0.4) is 0 Å². The number of carboxylic acid groups (broad SMARTS) is 1. The summed E-state index contributed by atoms with van der Waals surface area (Å²) < 4.78 is 44.6. The molecule has 0 fully saturated rings. The average molecular weight is 732 g/mol. The number of esters is 1. The maximum absolute atomic E-state index is 13.0. The predicted molar refractivity (Wildman–Crippen MR) is 145 cm³/mol. The summed E-state index contributed by atoms with van der Waals surface area (Å²) in [5.74, 6) is -3.17. The lowest BCUT2D eigenvalue weighted by molar-refractivity contribution is 0.00686. The number of ether oxygens (including phenoxy) is 1. The van der Waals surface area contributed by atoms with Gasteiger partial charge in [0, 0.05) is 19.0 Å². The molecule has 0 bridgehead atoms. The van der Waals surface area contributed by atoms with Crippen LogP contribution in [-0.4, -0.2) is 27.9 Å². The molecule has 0 atom stereocenters. The predicted octanol–water partition coefficient (Wildman–Crippen LogP) is 8.80. The van der Waals surface area contributed by atoms with Crippen LogP contribution in [0.25, 0.3) is 0 Å². The maximum atomic E-state index is 13.0. The summed E-state index contributed by atoms with van der Waals surface area (Å²) in [6.45, 7) is 5.29. The van der Waals surface area contributed by atoms with E-state index in [1.165, 1.54) is 36.4 Å². The van der Waals surface area contributed by atoms with Crippen molar-refractivity contribution in [3.05, 3.63) is 102 Å². The zero-order valence-electron chi connectivity index (χ0n) is 19.4. The van der Waals surface area contributed by atoms with Crippen molar-refractivity contribution < 1.29 is 37.4 Å². The van der Waals surface area contributed by atoms with E-state index in [2.05, 4.69) is 47.8 Å². The van der Waals surface area contributed by atoms with Gasteiger partial charge in [0.25, 0.3) is 5.24 Å². The van der Waals surface area contributed by atoms with Gasteiger partial charge in [-0.15, -0.1) is 0 Å². The molecule has 3 aromatic rings. The highest BCUT2D eigenvalue weighted by Gasteiger charge is 2.18. The number of aromatic carboxylic acids is 1. The monoisotopic (exact) mass is 728 g/mol. The highest BCUT2D eigenvalue weighted by Crippen LogP contribution is 2.19. The summed E-state index contributed by atoms with van der Waals surface area (Å²) in [6.07, 6.45) is 0. The molecule has 0 saturated heterocycles. The third-order valence-corrected chi connectivity index (χ3v) is 5.29. The summed E-state index contributed by atoms with van der Waals surface area (Å²) in [7, 11) is 0. The topological polar surface area (TPSA) is 80.7 Å². The van der Waals surface area contributed by atoms with Gasteiger partial charge >= 0.3 is 11.9 Å². The van der Waals surface area contributed by atoms with Gasteiger partial charge in [0.15, 0.2) is 0 Å². The van der Waals surface area contributed by atoms with Crippen LogP contribution in [0.2, 0.25) is 0 Å². The van der Waals surface area contributed by atoms with Crippen LogP contribution in [0.5, 0.6) is 0 Å². The molecule has 5 nitrogen and oxygen atoms in total. The molecule has 0 heterocycles. The van der Waals surface area contributed by atoms with Crippen molar-refractivity contribution in [1.29, 1.82) is 0 Å². The third-order valence-electron chi connectivity index (χ3n) is 3.70. The van der Waals surface area contributed by atoms with Crippen molar-refractivity contribution in [2.45, 2.75) is 26.4 Å². The molecule has 0 aromatic heterocycles. The Morgan fingerprint density at radius 3 is 1.41 bits per heavy atom. The minimum Gasteiger partial charge on any atom is -0.478 e. The number of hydrogen-bond acceptors (Lipinski definition) is 4. The number of hydrogen-bond donors (Lipinski definition) is 1. The second-order valence-electron chi connectivity index (χ2n) is 8.06. The zero-order valence-corrected chi connectivity index (χ0v) is 24.9. The van der Waals surface area contributed by atoms with Gasteiger partial charge in [0.1, 0.15) is 23.1 Å². The molecule has 0 spiro atoms. The lowest BCUT2D eigenvalue weighted by Gasteiger charge is -2.19. The van der Waals surface area contributed by atoms with Gasteiger partial charge in [-0.1, -0.05) is 47.8 Å². The van der Waals surface area contributed by atoms with Gasteiger partial charge in [-0.25, -0.2) is 22.8 Å². The smallest absolute Gasteiger partial charge is 0.338 e. The molecule has 0 aliphatic rings. The fourth-order valence-electron chi connectivity index (χ4n) is 2.35. The molecule has 37 heavy (non-hydrogen) atoms. The Hall–Kier alpha value is -2.21. The van der Waals surface area contributed by atoms with Crippen molar-refractivity contribution in [2.75, 3.05) is 0 Å². The van der Waals surface area contributed by atoms with Crippen molar-refractivity contribution in [3.63, 3.8) is 0 Å². The molecular weight excluding hydrogens is 712 g/mol. The molecule has 3 rings (SSSR count). The second kappa shape index (κ2) is 14.7. The fourth-order valence-corrected chi connectivity index (χ4v) is 3.86. The van der Waals surface area contributed by atoms with Crippen LogP contribution >= 0.6 is 59.4 Å². The molecular formula is C25H19Br3ClF3O5. The Morgan fingerprint density at radius 2 is 1.05 bits per heavy atom. The van der Waals surface area contributed by atoms with E-state index < -0.39 is 40.2 Å². The number of carbonyl (C=O) groups excluding carboxylic acids is 2. The first-order valence-corrected chi connectivity index (χ1v) is 12.8. The van der Waals surface area contributed by atoms with Crippen LogP contribution in [0, 0.1) is 17.5 Å². The first-order chi connectivity index (χ1) is 17.0. The largest absolute Gasteiger partial charge is 0.478 e. The third kappa shape index (κ3) is 13.2. The van der Waals surface area contributed by atoms with Gasteiger partial charge < -0.3 is 9.84 Å². The SMILES string of the molecule is CC(C)(C)OC(=O)c1cc(F)cc(Br)c1.O=C(Cl)c1cc(F)cc(Br)c1.O=C(O)c1cc(F)cc(Br)c1. The van der Waals surface area contributed by atoms with Crippen molar-refractivity contribution in [1.82, 2.24) is 0 Å². The average Bonchev–Trinajstić information content (AvgIpc) is 2.71. The standard InChI is InChI=1S/C11H12BrFO2.C7H3BrClFO.C7H4BrFO2/c1-11(2,3)15-10(14)7-4-8(12)6-9(13)5-7;8-5-1-4(7(9)11)2-6(10)3-5;8-5-1-4(7(10)11)2-6(9)3-5/h4-6H,1-3H3;1-3H;1-3H,(H,10,11). The Morgan fingerprint density at radius 1 is 0.703 bits per heavy atom. The fraction of sp³-hybridized carbons (Fsp3) is 0.160. The summed E-state index contributed by atoms with van der Waals surface area (Å²) in [6, 6.07) is 11.3. The molecule has 198 valence electrons. The number of carbonyl (C=O) groups is 3. The second-order valence-corrected chi connectivity index (χ2v) is 11.1. The molecule has 3 aromatic carbocycles. The first kappa shape index (κ1) is 32.8. The Bertz CT molecular complexity index is 1170. The van der Waals surface area contributed by atoms with Crippen molar-refractivity contribution >= 4 is 76.6 Å². The lowest BCUT2D eigenvalue weighted by atomic mass is 10.1. The van der Waals surface area contributed by atoms with E-state index in [4.69, 9.17) is 21.4 Å². The van der Waals surface area contributed by atoms with E-state index in [1.54, 1.807) is 20.8 Å². The van der Waals surface area contributed by atoms with E-state index in [9.17, 15) is 27.6 Å². The highest BCUT2D eigenvalue weighted by molar-refractivity contribution is 9.11. The molecule has 0 aliphatic heterocycles. The van der Waals surface area contributed by atoms with Crippen LogP contribution < -0.4 is 0 Å². The van der Waals surface area contributed by atoms with Crippen LogP contribution in [0.4, 0.5) is 13.2 Å². The summed E-state index contributed by atoms with van der Waals surface area (Å²) in [4.78, 5) is 32.4. The van der Waals surface area contributed by atoms with E-state index >= 15 is 0 Å². The van der Waals surface area contributed by atoms with Crippen molar-refractivity contribution in [3.8, 4) is 0 Å². The van der Waals surface area contributed by atoms with E-state index in [1.807, 2.05) is 0 Å². The molecule has 0 unspecified atom stereocenters. The highest BCUT2D eigenvalue weighted by atomic mass is 79.9. The van der Waals surface area contributed by atoms with Crippen LogP contribution in [0.1, 0.15) is 51.8 Å². The first-order valence-electron chi connectivity index (χ1n) is 10.0. The number of benzene rings is 3. The number of rotatable bonds is 3. The summed E-state index contributed by atoms with van der Waals surface area (Å²) >= 11 is 14.2. The Labute approximate surface area is 241 Å². The molecule has 12 heteroatoms. The normalized spacial score (nSPS) is 10.3. The minimum atomic E-state index is -1.13. The van der Waals surface area contributed by atoms with E-state index in [0.717, 1.165) is 18.2 Å². The van der Waals surface area contributed by atoms with E-state index in [-0.39, 0.29) is 16.7 Å². The molecule has 0 aliphatic carbocycles. The van der Waals surface area contributed by atoms with Gasteiger partial charge in [-0.3, -0.25) is 4.79 Å². The summed E-state index contributed by atoms with van der Waals surface area (Å²) in [5, 5.41) is 7.78. The molecule has 0 amide bonds. The van der Waals surface area contributed by atoms with Gasteiger partial charge in [-0.05, 0) is 87.0 Å². The minimum absolute atomic E-state index is 0.0584. The lowest BCUT2D eigenvalue weighted by Crippen LogP contribution is -2.23. The molecule has 1 N–H and O–H groups in total.